The molecule has 0 aromatic carbocycles. The highest BCUT2D eigenvalue weighted by atomic mass is 16.4. The minimum Gasteiger partial charge on any atom is -0.481 e. The van der Waals surface area contributed by atoms with E-state index in [9.17, 15) is 14.7 Å². The van der Waals surface area contributed by atoms with E-state index in [1.807, 2.05) is 0 Å². The molecule has 1 amide bonds. The number of nitrogens with zero attached hydrogens (tertiary/aromatic N) is 1. The molecular formula is C13H22N2O3. The second-order valence-corrected chi connectivity index (χ2v) is 5.75. The molecule has 0 aromatic rings. The molecule has 2 saturated heterocycles. The number of hydrogen-bond donors (Lipinski definition) is 2. The highest BCUT2D eigenvalue weighted by Crippen LogP contribution is 2.31. The van der Waals surface area contributed by atoms with Crippen molar-refractivity contribution in [3.05, 3.63) is 0 Å². The van der Waals surface area contributed by atoms with E-state index in [0.717, 1.165) is 32.4 Å². The van der Waals surface area contributed by atoms with Crippen molar-refractivity contribution in [2.45, 2.75) is 32.6 Å². The third-order valence-electron chi connectivity index (χ3n) is 4.21. The molecule has 1 unspecified atom stereocenters. The average Bonchev–Trinajstić information content (AvgIpc) is 2.39. The first kappa shape index (κ1) is 13.3. The Morgan fingerprint density at radius 2 is 2.00 bits per heavy atom. The van der Waals surface area contributed by atoms with E-state index >= 15 is 0 Å². The summed E-state index contributed by atoms with van der Waals surface area (Å²) in [6, 6.07) is 0. The number of rotatable bonds is 2. The van der Waals surface area contributed by atoms with Gasteiger partial charge in [-0.3, -0.25) is 9.59 Å². The van der Waals surface area contributed by atoms with E-state index in [1.54, 1.807) is 11.8 Å². The summed E-state index contributed by atoms with van der Waals surface area (Å²) in [5, 5.41) is 12.5. The third kappa shape index (κ3) is 2.66. The molecule has 5 nitrogen and oxygen atoms in total. The van der Waals surface area contributed by atoms with Gasteiger partial charge >= 0.3 is 5.97 Å². The number of likely N-dealkylation sites (tertiary alicyclic amines) is 1. The minimum atomic E-state index is -0.787. The van der Waals surface area contributed by atoms with Gasteiger partial charge in [-0.2, -0.15) is 0 Å². The monoisotopic (exact) mass is 254 g/mol. The molecule has 0 saturated carbocycles. The van der Waals surface area contributed by atoms with Crippen LogP contribution in [0.4, 0.5) is 0 Å². The molecule has 5 heteroatoms. The summed E-state index contributed by atoms with van der Waals surface area (Å²) < 4.78 is 0. The summed E-state index contributed by atoms with van der Waals surface area (Å²) >= 11 is 0. The smallest absolute Gasteiger partial charge is 0.311 e. The standard InChI is InChI=1S/C13H22N2O3/c1-13(12(17)18)5-2-8-15(9-13)11(16)10-3-6-14-7-4-10/h10,14H,2-9H2,1H3,(H,17,18). The lowest BCUT2D eigenvalue weighted by Crippen LogP contribution is -2.51. The van der Waals surface area contributed by atoms with Crippen molar-refractivity contribution in [2.24, 2.45) is 11.3 Å². The summed E-state index contributed by atoms with van der Waals surface area (Å²) in [7, 11) is 0. The molecule has 2 fully saturated rings. The molecule has 102 valence electrons. The summed E-state index contributed by atoms with van der Waals surface area (Å²) in [5.74, 6) is -0.545. The fraction of sp³-hybridized carbons (Fsp3) is 0.846. The fourth-order valence-electron chi connectivity index (χ4n) is 2.93. The molecule has 2 aliphatic rings. The van der Waals surface area contributed by atoms with Gasteiger partial charge in [0.05, 0.1) is 5.41 Å². The number of hydrogen-bond acceptors (Lipinski definition) is 3. The van der Waals surface area contributed by atoms with Gasteiger partial charge in [-0.1, -0.05) is 0 Å². The van der Waals surface area contributed by atoms with E-state index in [-0.39, 0.29) is 11.8 Å². The van der Waals surface area contributed by atoms with Crippen molar-refractivity contribution in [3.63, 3.8) is 0 Å². The Labute approximate surface area is 108 Å². The van der Waals surface area contributed by atoms with Gasteiger partial charge in [0.1, 0.15) is 0 Å². The molecule has 2 aliphatic heterocycles. The highest BCUT2D eigenvalue weighted by molar-refractivity contribution is 5.81. The molecule has 2 heterocycles. The molecule has 2 rings (SSSR count). The second kappa shape index (κ2) is 5.26. The van der Waals surface area contributed by atoms with Crippen LogP contribution in [-0.4, -0.2) is 48.1 Å². The summed E-state index contributed by atoms with van der Waals surface area (Å²) in [6.07, 6.45) is 3.20. The first-order valence-electron chi connectivity index (χ1n) is 6.76. The van der Waals surface area contributed by atoms with Crippen LogP contribution in [0, 0.1) is 11.3 Å². The molecular weight excluding hydrogens is 232 g/mol. The van der Waals surface area contributed by atoms with E-state index in [1.165, 1.54) is 0 Å². The van der Waals surface area contributed by atoms with E-state index in [0.29, 0.717) is 19.5 Å². The van der Waals surface area contributed by atoms with Crippen LogP contribution in [0.2, 0.25) is 0 Å². The van der Waals surface area contributed by atoms with Crippen molar-refractivity contribution in [3.8, 4) is 0 Å². The van der Waals surface area contributed by atoms with Gasteiger partial charge in [0.2, 0.25) is 5.91 Å². The van der Waals surface area contributed by atoms with Crippen LogP contribution in [0.15, 0.2) is 0 Å². The van der Waals surface area contributed by atoms with Crippen molar-refractivity contribution >= 4 is 11.9 Å². The zero-order valence-electron chi connectivity index (χ0n) is 10.9. The van der Waals surface area contributed by atoms with Gasteiger partial charge in [-0.15, -0.1) is 0 Å². The first-order valence-corrected chi connectivity index (χ1v) is 6.76. The molecule has 18 heavy (non-hydrogen) atoms. The topological polar surface area (TPSA) is 69.6 Å². The Balaban J connectivity index is 1.99. The van der Waals surface area contributed by atoms with Crippen molar-refractivity contribution in [2.75, 3.05) is 26.2 Å². The van der Waals surface area contributed by atoms with Crippen LogP contribution < -0.4 is 5.32 Å². The molecule has 0 spiro atoms. The SMILES string of the molecule is CC1(C(=O)O)CCCN(C(=O)C2CCNCC2)C1. The van der Waals surface area contributed by atoms with Crippen LogP contribution >= 0.6 is 0 Å². The molecule has 0 bridgehead atoms. The minimum absolute atomic E-state index is 0.0856. The number of aliphatic carboxylic acids is 1. The largest absolute Gasteiger partial charge is 0.481 e. The van der Waals surface area contributed by atoms with E-state index < -0.39 is 11.4 Å². The van der Waals surface area contributed by atoms with Crippen molar-refractivity contribution < 1.29 is 14.7 Å². The maximum absolute atomic E-state index is 12.4. The van der Waals surface area contributed by atoms with Crippen LogP contribution in [-0.2, 0) is 9.59 Å². The van der Waals surface area contributed by atoms with Gasteiger partial charge in [0.25, 0.3) is 0 Å². The van der Waals surface area contributed by atoms with Gasteiger partial charge in [-0.05, 0) is 45.7 Å². The van der Waals surface area contributed by atoms with Gasteiger partial charge in [0.15, 0.2) is 0 Å². The zero-order valence-corrected chi connectivity index (χ0v) is 10.9. The number of carbonyl (C=O) groups is 2. The highest BCUT2D eigenvalue weighted by Gasteiger charge is 2.40. The van der Waals surface area contributed by atoms with E-state index in [2.05, 4.69) is 5.32 Å². The van der Waals surface area contributed by atoms with E-state index in [4.69, 9.17) is 0 Å². The Bertz CT molecular complexity index is 339. The Kier molecular flexibility index (Phi) is 3.90. The van der Waals surface area contributed by atoms with Crippen LogP contribution in [0.1, 0.15) is 32.6 Å². The van der Waals surface area contributed by atoms with Gasteiger partial charge < -0.3 is 15.3 Å². The number of carboxylic acid groups (broad SMARTS) is 1. The van der Waals surface area contributed by atoms with Gasteiger partial charge in [0, 0.05) is 19.0 Å². The molecule has 0 aromatic heterocycles. The molecule has 0 aliphatic carbocycles. The fourth-order valence-corrected chi connectivity index (χ4v) is 2.93. The van der Waals surface area contributed by atoms with Crippen LogP contribution in [0.5, 0.6) is 0 Å². The predicted molar refractivity (Wildman–Crippen MR) is 67.2 cm³/mol. The molecule has 1 atom stereocenters. The average molecular weight is 254 g/mol. The number of carboxylic acids is 1. The van der Waals surface area contributed by atoms with Crippen LogP contribution in [0.25, 0.3) is 0 Å². The number of piperidine rings is 2. The third-order valence-corrected chi connectivity index (χ3v) is 4.21. The number of amides is 1. The summed E-state index contributed by atoms with van der Waals surface area (Å²) in [5.41, 5.74) is -0.763. The predicted octanol–water partition coefficient (Wildman–Crippen LogP) is 0.699. The number of nitrogens with one attached hydrogen (secondary N) is 1. The first-order chi connectivity index (χ1) is 8.53. The Morgan fingerprint density at radius 3 is 2.61 bits per heavy atom. The van der Waals surface area contributed by atoms with Gasteiger partial charge in [-0.25, -0.2) is 0 Å². The van der Waals surface area contributed by atoms with Crippen molar-refractivity contribution in [1.82, 2.24) is 10.2 Å². The maximum Gasteiger partial charge on any atom is 0.311 e. The lowest BCUT2D eigenvalue weighted by molar-refractivity contribution is -0.154. The normalized spacial score (nSPS) is 30.2. The summed E-state index contributed by atoms with van der Waals surface area (Å²) in [4.78, 5) is 25.4. The quantitative estimate of drug-likeness (QED) is 0.761. The lowest BCUT2D eigenvalue weighted by Gasteiger charge is -2.39. The number of carbonyl (C=O) groups excluding carboxylic acids is 1. The molecule has 2 N–H and O–H groups in total. The molecule has 0 radical (unpaired) electrons. The zero-order chi connectivity index (χ0) is 13.2. The lowest BCUT2D eigenvalue weighted by atomic mass is 9.81. The van der Waals surface area contributed by atoms with Crippen LogP contribution in [0.3, 0.4) is 0 Å². The summed E-state index contributed by atoms with van der Waals surface area (Å²) in [6.45, 7) is 4.61. The van der Waals surface area contributed by atoms with Crippen molar-refractivity contribution in [1.29, 1.82) is 0 Å². The Morgan fingerprint density at radius 1 is 1.33 bits per heavy atom. The Hall–Kier alpha value is -1.10. The maximum atomic E-state index is 12.4. The second-order valence-electron chi connectivity index (χ2n) is 5.75.